The van der Waals surface area contributed by atoms with E-state index >= 15 is 0 Å². The zero-order valence-corrected chi connectivity index (χ0v) is 21.0. The summed E-state index contributed by atoms with van der Waals surface area (Å²) in [5.41, 5.74) is 1.67. The normalized spacial score (nSPS) is 18.3. The van der Waals surface area contributed by atoms with Crippen molar-refractivity contribution >= 4 is 34.1 Å². The van der Waals surface area contributed by atoms with E-state index in [0.29, 0.717) is 53.3 Å². The number of halogens is 1. The summed E-state index contributed by atoms with van der Waals surface area (Å²) in [6.07, 6.45) is 0.428. The van der Waals surface area contributed by atoms with Gasteiger partial charge in [-0.2, -0.15) is 5.26 Å². The summed E-state index contributed by atoms with van der Waals surface area (Å²) in [6.45, 7) is 5.82. The maximum absolute atomic E-state index is 14.4. The molecule has 2 aromatic carbocycles. The van der Waals surface area contributed by atoms with Gasteiger partial charge in [-0.05, 0) is 43.7 Å². The highest BCUT2D eigenvalue weighted by molar-refractivity contribution is 5.99. The number of fused-ring (bicyclic) bond motifs is 1. The summed E-state index contributed by atoms with van der Waals surface area (Å²) in [4.78, 5) is 46.4. The van der Waals surface area contributed by atoms with Crippen LogP contribution in [0.3, 0.4) is 0 Å². The molecule has 2 aliphatic heterocycles. The third-order valence-corrected chi connectivity index (χ3v) is 7.16. The zero-order chi connectivity index (χ0) is 26.8. The molecule has 2 aliphatic rings. The Morgan fingerprint density at radius 2 is 1.95 bits per heavy atom. The van der Waals surface area contributed by atoms with E-state index < -0.39 is 11.9 Å². The number of hydrogen-bond acceptors (Lipinski definition) is 8. The van der Waals surface area contributed by atoms with Crippen LogP contribution >= 0.6 is 0 Å². The molecule has 5 rings (SSSR count). The number of carbonyl (C=O) groups is 2. The number of aryl methyl sites for hydroxylation is 1. The molecule has 2 amide bonds. The van der Waals surface area contributed by atoms with Gasteiger partial charge in [-0.15, -0.1) is 0 Å². The van der Waals surface area contributed by atoms with Gasteiger partial charge in [0.25, 0.3) is 5.56 Å². The van der Waals surface area contributed by atoms with Crippen LogP contribution in [0.5, 0.6) is 0 Å². The van der Waals surface area contributed by atoms with Gasteiger partial charge in [0.1, 0.15) is 17.7 Å². The van der Waals surface area contributed by atoms with E-state index in [-0.39, 0.29) is 30.1 Å². The largest absolute Gasteiger partial charge is 0.383 e. The highest BCUT2D eigenvalue weighted by atomic mass is 19.1. The SMILES string of the molecule is Cc1nc2cccc(NCCN3CCN(c4ccc(C#N)cc4F)CC3)c2c(=O)n1C1CCC(=O)NC1=O. The van der Waals surface area contributed by atoms with E-state index in [1.165, 1.54) is 10.6 Å². The highest BCUT2D eigenvalue weighted by Gasteiger charge is 2.31. The molecule has 3 heterocycles. The van der Waals surface area contributed by atoms with Crippen LogP contribution in [0, 0.1) is 24.1 Å². The van der Waals surface area contributed by atoms with Crippen LogP contribution in [0.4, 0.5) is 15.8 Å². The van der Waals surface area contributed by atoms with Crippen molar-refractivity contribution in [2.75, 3.05) is 49.5 Å². The van der Waals surface area contributed by atoms with Gasteiger partial charge in [0.15, 0.2) is 0 Å². The van der Waals surface area contributed by atoms with E-state index in [1.807, 2.05) is 23.1 Å². The van der Waals surface area contributed by atoms with Crippen LogP contribution in [-0.4, -0.2) is 65.5 Å². The quantitative estimate of drug-likeness (QED) is 0.476. The molecule has 1 aromatic heterocycles. The van der Waals surface area contributed by atoms with Gasteiger partial charge < -0.3 is 10.2 Å². The van der Waals surface area contributed by atoms with Crippen LogP contribution in [-0.2, 0) is 9.59 Å². The smallest absolute Gasteiger partial charge is 0.264 e. The second kappa shape index (κ2) is 10.6. The second-order valence-electron chi connectivity index (χ2n) is 9.53. The summed E-state index contributed by atoms with van der Waals surface area (Å²) in [6, 6.07) is 11.1. The maximum atomic E-state index is 14.4. The second-order valence-corrected chi connectivity index (χ2v) is 9.53. The molecule has 2 fully saturated rings. The Hall–Kier alpha value is -4.30. The number of nitrogens with zero attached hydrogens (tertiary/aromatic N) is 5. The lowest BCUT2D eigenvalue weighted by atomic mass is 10.1. The molecule has 38 heavy (non-hydrogen) atoms. The Morgan fingerprint density at radius 1 is 1.16 bits per heavy atom. The van der Waals surface area contributed by atoms with Crippen molar-refractivity contribution in [1.29, 1.82) is 5.26 Å². The van der Waals surface area contributed by atoms with Crippen LogP contribution in [0.15, 0.2) is 41.2 Å². The monoisotopic (exact) mass is 517 g/mol. The van der Waals surface area contributed by atoms with Gasteiger partial charge in [0.2, 0.25) is 11.8 Å². The van der Waals surface area contributed by atoms with E-state index in [1.54, 1.807) is 25.1 Å². The summed E-state index contributed by atoms with van der Waals surface area (Å²) in [5, 5.41) is 15.0. The standard InChI is InChI=1S/C27H28FN7O3/c1-17-31-21-4-2-3-20(25(21)27(38)35(17)23-7-8-24(36)32-26(23)37)30-9-10-33-11-13-34(14-12-33)22-6-5-18(16-29)15-19(22)28/h2-6,15,23,30H,7-14H2,1H3,(H,32,36,37). The van der Waals surface area contributed by atoms with Crippen LogP contribution in [0.25, 0.3) is 10.9 Å². The summed E-state index contributed by atoms with van der Waals surface area (Å²) in [5.74, 6) is -0.790. The van der Waals surface area contributed by atoms with E-state index in [2.05, 4.69) is 20.5 Å². The molecular formula is C27H28FN7O3. The molecule has 1 unspecified atom stereocenters. The number of nitriles is 1. The molecular weight excluding hydrogens is 489 g/mol. The fourth-order valence-electron chi connectivity index (χ4n) is 5.19. The van der Waals surface area contributed by atoms with Crippen LogP contribution < -0.4 is 21.1 Å². The Bertz CT molecular complexity index is 1510. The van der Waals surface area contributed by atoms with Crippen molar-refractivity contribution < 1.29 is 14.0 Å². The van der Waals surface area contributed by atoms with Crippen molar-refractivity contribution in [1.82, 2.24) is 19.8 Å². The van der Waals surface area contributed by atoms with Crippen molar-refractivity contribution in [3.8, 4) is 6.07 Å². The Balaban J connectivity index is 1.25. The number of nitrogens with one attached hydrogen (secondary N) is 2. The van der Waals surface area contributed by atoms with Gasteiger partial charge in [-0.1, -0.05) is 6.07 Å². The van der Waals surface area contributed by atoms with Crippen LogP contribution in [0.2, 0.25) is 0 Å². The number of carbonyl (C=O) groups excluding carboxylic acids is 2. The molecule has 2 N–H and O–H groups in total. The van der Waals surface area contributed by atoms with Crippen molar-refractivity contribution in [3.63, 3.8) is 0 Å². The first-order valence-corrected chi connectivity index (χ1v) is 12.6. The molecule has 3 aromatic rings. The molecule has 196 valence electrons. The maximum Gasteiger partial charge on any atom is 0.264 e. The average Bonchev–Trinajstić information content (AvgIpc) is 2.90. The van der Waals surface area contributed by atoms with E-state index in [4.69, 9.17) is 5.26 Å². The van der Waals surface area contributed by atoms with Crippen molar-refractivity contribution in [3.05, 3.63) is 64.0 Å². The molecule has 2 saturated heterocycles. The number of hydrogen-bond donors (Lipinski definition) is 2. The van der Waals surface area contributed by atoms with Crippen molar-refractivity contribution in [2.24, 2.45) is 0 Å². The Labute approximate surface area is 218 Å². The summed E-state index contributed by atoms with van der Waals surface area (Å²) in [7, 11) is 0. The van der Waals surface area contributed by atoms with Gasteiger partial charge in [-0.3, -0.25) is 29.2 Å². The summed E-state index contributed by atoms with van der Waals surface area (Å²) < 4.78 is 15.8. The lowest BCUT2D eigenvalue weighted by molar-refractivity contribution is -0.135. The number of imide groups is 1. The molecule has 0 saturated carbocycles. The number of anilines is 2. The van der Waals surface area contributed by atoms with Crippen molar-refractivity contribution in [2.45, 2.75) is 25.8 Å². The number of rotatable bonds is 6. The molecule has 0 radical (unpaired) electrons. The topological polar surface area (TPSA) is 123 Å². The molecule has 1 atom stereocenters. The lowest BCUT2D eigenvalue weighted by Crippen LogP contribution is -2.48. The molecule has 10 nitrogen and oxygen atoms in total. The van der Waals surface area contributed by atoms with Gasteiger partial charge >= 0.3 is 0 Å². The minimum absolute atomic E-state index is 0.172. The predicted molar refractivity (Wildman–Crippen MR) is 140 cm³/mol. The Morgan fingerprint density at radius 3 is 2.66 bits per heavy atom. The fraction of sp³-hybridized carbons (Fsp3) is 0.370. The molecule has 0 aliphatic carbocycles. The third kappa shape index (κ3) is 4.95. The number of amides is 2. The first-order chi connectivity index (χ1) is 18.4. The molecule has 0 bridgehead atoms. The first-order valence-electron chi connectivity index (χ1n) is 12.6. The summed E-state index contributed by atoms with van der Waals surface area (Å²) >= 11 is 0. The molecule has 11 heteroatoms. The minimum Gasteiger partial charge on any atom is -0.383 e. The van der Waals surface area contributed by atoms with E-state index in [0.717, 1.165) is 19.6 Å². The average molecular weight is 518 g/mol. The van der Waals surface area contributed by atoms with Gasteiger partial charge in [-0.25, -0.2) is 9.37 Å². The lowest BCUT2D eigenvalue weighted by Gasteiger charge is -2.36. The predicted octanol–water partition coefficient (Wildman–Crippen LogP) is 1.93. The Kier molecular flexibility index (Phi) is 7.07. The number of piperidine rings is 1. The third-order valence-electron chi connectivity index (χ3n) is 7.16. The number of aromatic nitrogens is 2. The van der Waals surface area contributed by atoms with Crippen LogP contribution in [0.1, 0.15) is 30.3 Å². The number of piperazine rings is 1. The zero-order valence-electron chi connectivity index (χ0n) is 21.0. The van der Waals surface area contributed by atoms with Gasteiger partial charge in [0.05, 0.1) is 28.2 Å². The van der Waals surface area contributed by atoms with Gasteiger partial charge in [0, 0.05) is 51.4 Å². The molecule has 0 spiro atoms. The highest BCUT2D eigenvalue weighted by Crippen LogP contribution is 2.24. The van der Waals surface area contributed by atoms with E-state index in [9.17, 15) is 18.8 Å². The first kappa shape index (κ1) is 25.4. The number of benzene rings is 2. The fourth-order valence-corrected chi connectivity index (χ4v) is 5.19. The minimum atomic E-state index is -0.776.